The van der Waals surface area contributed by atoms with Gasteiger partial charge in [0.1, 0.15) is 11.5 Å². The third-order valence-corrected chi connectivity index (χ3v) is 13.2. The predicted molar refractivity (Wildman–Crippen MR) is 203 cm³/mol. The van der Waals surface area contributed by atoms with E-state index < -0.39 is 37.3 Å². The first kappa shape index (κ1) is 38.5. The third kappa shape index (κ3) is 9.28. The van der Waals surface area contributed by atoms with Crippen LogP contribution in [0.25, 0.3) is 0 Å². The van der Waals surface area contributed by atoms with Crippen LogP contribution in [0.5, 0.6) is 11.5 Å². The Balaban J connectivity index is 1.36. The normalized spacial score (nSPS) is 19.6. The Kier molecular flexibility index (Phi) is 12.2. The van der Waals surface area contributed by atoms with E-state index in [-0.39, 0.29) is 41.4 Å². The summed E-state index contributed by atoms with van der Waals surface area (Å²) in [6, 6.07) is 27.8. The van der Waals surface area contributed by atoms with Crippen molar-refractivity contribution >= 4 is 31.3 Å². The second-order valence-electron chi connectivity index (χ2n) is 13.5. The summed E-state index contributed by atoms with van der Waals surface area (Å²) >= 11 is 0. The molecular weight excluding hydrogens is 717 g/mol. The summed E-state index contributed by atoms with van der Waals surface area (Å²) in [4.78, 5) is 14.7. The Bertz CT molecular complexity index is 2070. The van der Waals surface area contributed by atoms with Crippen molar-refractivity contribution in [2.75, 3.05) is 51.2 Å². The van der Waals surface area contributed by atoms with Crippen LogP contribution in [0, 0.1) is 6.92 Å². The summed E-state index contributed by atoms with van der Waals surface area (Å²) in [6.45, 7) is 2.76. The van der Waals surface area contributed by atoms with E-state index in [1.165, 1.54) is 0 Å². The van der Waals surface area contributed by atoms with Gasteiger partial charge in [0, 0.05) is 38.8 Å². The molecule has 0 aromatic heterocycles. The lowest BCUT2D eigenvalue weighted by Gasteiger charge is -2.39. The summed E-state index contributed by atoms with van der Waals surface area (Å²) in [5.74, 6) is 0.333. The fourth-order valence-corrected chi connectivity index (χ4v) is 10.2. The van der Waals surface area contributed by atoms with Gasteiger partial charge >= 0.3 is 0 Å². The Morgan fingerprint density at radius 3 is 2.36 bits per heavy atom. The van der Waals surface area contributed by atoms with E-state index in [4.69, 9.17) is 18.9 Å². The van der Waals surface area contributed by atoms with Gasteiger partial charge in [-0.05, 0) is 72.9 Å². The second-order valence-corrected chi connectivity index (χ2v) is 17.6. The molecule has 0 aliphatic carbocycles. The molecule has 0 radical (unpaired) electrons. The number of hydrogen-bond donors (Lipinski definition) is 1. The first-order chi connectivity index (χ1) is 25.5. The number of amides is 1. The first-order valence-corrected chi connectivity index (χ1v) is 21.0. The number of sulfone groups is 2. The van der Waals surface area contributed by atoms with E-state index >= 15 is 0 Å². The number of methoxy groups -OCH3 is 2. The molecule has 2 aliphatic rings. The van der Waals surface area contributed by atoms with Gasteiger partial charge in [0.05, 0.1) is 35.3 Å². The molecule has 282 valence electrons. The maximum absolute atomic E-state index is 14.6. The van der Waals surface area contributed by atoms with Gasteiger partial charge in [0.25, 0.3) is 5.91 Å². The SMILES string of the molecule is COCCCN1C(=O)COc2ccc(C(O[C@H]3CN[C@H](CS(=O)(=O)Cc4ccccc4)C[C@@H]3c3ccc(OC)cc3)S(=O)(=O)c3ccc(C)cc3)cc21. The zero-order valence-corrected chi connectivity index (χ0v) is 31.8. The average Bonchev–Trinajstić information content (AvgIpc) is 3.15. The molecule has 1 amide bonds. The highest BCUT2D eigenvalue weighted by molar-refractivity contribution is 7.91. The van der Waals surface area contributed by atoms with Crippen LogP contribution >= 0.6 is 0 Å². The Morgan fingerprint density at radius 2 is 1.66 bits per heavy atom. The van der Waals surface area contributed by atoms with Crippen LogP contribution in [0.1, 0.15) is 46.4 Å². The van der Waals surface area contributed by atoms with Crippen molar-refractivity contribution in [1.29, 1.82) is 0 Å². The number of anilines is 1. The summed E-state index contributed by atoms with van der Waals surface area (Å²) in [6.07, 6.45) is 0.267. The predicted octanol–water partition coefficient (Wildman–Crippen LogP) is 5.38. The molecule has 11 nitrogen and oxygen atoms in total. The van der Waals surface area contributed by atoms with E-state index in [9.17, 15) is 21.6 Å². The van der Waals surface area contributed by atoms with Crippen LogP contribution in [0.15, 0.2) is 102 Å². The fraction of sp³-hybridized carbons (Fsp3) is 0.375. The Hall–Kier alpha value is -4.27. The highest BCUT2D eigenvalue weighted by atomic mass is 32.2. The van der Waals surface area contributed by atoms with E-state index in [2.05, 4.69) is 5.32 Å². The average molecular weight is 763 g/mol. The Labute approximate surface area is 312 Å². The number of nitrogens with zero attached hydrogens (tertiary/aromatic N) is 1. The molecule has 53 heavy (non-hydrogen) atoms. The van der Waals surface area contributed by atoms with Gasteiger partial charge in [-0.2, -0.15) is 0 Å². The van der Waals surface area contributed by atoms with Gasteiger partial charge in [0.2, 0.25) is 9.84 Å². The van der Waals surface area contributed by atoms with E-state index in [1.54, 1.807) is 73.7 Å². The van der Waals surface area contributed by atoms with Crippen molar-refractivity contribution in [1.82, 2.24) is 5.32 Å². The standard InChI is InChI=1S/C40H46N2O9S2/c1-28-10-17-34(18-11-28)53(46,47)40(31-14-19-37-36(22-31)42(20-7-21-48-2)39(43)25-50-37)51-38-24-41-32(23-35(38)30-12-15-33(49-3)16-13-30)27-52(44,45)26-29-8-5-4-6-9-29/h4-6,8-19,22,32,35,38,40-41H,7,20-21,23-27H2,1-3H3/t32-,35+,38-,40?/m0/s1. The Morgan fingerprint density at radius 1 is 0.925 bits per heavy atom. The van der Waals surface area contributed by atoms with Gasteiger partial charge in [-0.25, -0.2) is 16.8 Å². The van der Waals surface area contributed by atoms with Crippen LogP contribution in [0.2, 0.25) is 0 Å². The molecule has 4 aromatic carbocycles. The lowest BCUT2D eigenvalue weighted by atomic mass is 9.84. The van der Waals surface area contributed by atoms with Crippen molar-refractivity contribution in [2.45, 2.75) is 53.9 Å². The number of carbonyl (C=O) groups excluding carboxylic acids is 1. The van der Waals surface area contributed by atoms with Gasteiger partial charge < -0.3 is 29.2 Å². The minimum Gasteiger partial charge on any atom is -0.497 e. The summed E-state index contributed by atoms with van der Waals surface area (Å²) < 4.78 is 79.2. The van der Waals surface area contributed by atoms with Crippen molar-refractivity contribution in [3.63, 3.8) is 0 Å². The minimum atomic E-state index is -4.17. The molecule has 4 atom stereocenters. The topological polar surface area (TPSA) is 138 Å². The zero-order valence-electron chi connectivity index (χ0n) is 30.1. The van der Waals surface area contributed by atoms with Crippen LogP contribution in [0.4, 0.5) is 5.69 Å². The van der Waals surface area contributed by atoms with Gasteiger partial charge in [0.15, 0.2) is 21.9 Å². The summed E-state index contributed by atoms with van der Waals surface area (Å²) in [5, 5.41) is 3.37. The smallest absolute Gasteiger partial charge is 0.265 e. The lowest BCUT2D eigenvalue weighted by Crippen LogP contribution is -2.50. The molecule has 0 saturated carbocycles. The number of carbonyl (C=O) groups is 1. The fourth-order valence-electron chi connectivity index (χ4n) is 6.95. The van der Waals surface area contributed by atoms with E-state index in [0.29, 0.717) is 48.7 Å². The number of nitrogens with one attached hydrogen (secondary N) is 1. The van der Waals surface area contributed by atoms with E-state index in [1.807, 2.05) is 49.4 Å². The minimum absolute atomic E-state index is 0.0803. The number of piperidine rings is 1. The molecule has 1 N–H and O–H groups in total. The summed E-state index contributed by atoms with van der Waals surface area (Å²) in [7, 11) is -4.49. The molecular formula is C40H46N2O9S2. The van der Waals surface area contributed by atoms with Crippen LogP contribution in [-0.4, -0.2) is 81.2 Å². The maximum atomic E-state index is 14.6. The van der Waals surface area contributed by atoms with Crippen molar-refractivity contribution in [3.8, 4) is 11.5 Å². The molecule has 1 saturated heterocycles. The van der Waals surface area contributed by atoms with Crippen molar-refractivity contribution in [3.05, 3.63) is 119 Å². The van der Waals surface area contributed by atoms with Gasteiger partial charge in [-0.3, -0.25) is 4.79 Å². The highest BCUT2D eigenvalue weighted by Gasteiger charge is 2.40. The summed E-state index contributed by atoms with van der Waals surface area (Å²) in [5.41, 5.74) is 1.80. The number of aryl methyl sites for hydroxylation is 1. The molecule has 2 aliphatic heterocycles. The van der Waals surface area contributed by atoms with Crippen LogP contribution < -0.4 is 19.7 Å². The number of benzene rings is 4. The number of hydrogen-bond acceptors (Lipinski definition) is 10. The molecule has 13 heteroatoms. The molecule has 0 spiro atoms. The largest absolute Gasteiger partial charge is 0.497 e. The van der Waals surface area contributed by atoms with Crippen molar-refractivity contribution < 1.29 is 40.6 Å². The molecule has 1 unspecified atom stereocenters. The molecule has 1 fully saturated rings. The highest BCUT2D eigenvalue weighted by Crippen LogP contribution is 2.41. The maximum Gasteiger partial charge on any atom is 0.265 e. The third-order valence-electron chi connectivity index (χ3n) is 9.68. The van der Waals surface area contributed by atoms with Gasteiger partial charge in [-0.15, -0.1) is 0 Å². The molecule has 2 heterocycles. The van der Waals surface area contributed by atoms with Gasteiger partial charge in [-0.1, -0.05) is 66.2 Å². The molecule has 6 rings (SSSR count). The number of rotatable bonds is 15. The molecule has 0 bridgehead atoms. The monoisotopic (exact) mass is 762 g/mol. The first-order valence-electron chi connectivity index (χ1n) is 17.6. The van der Waals surface area contributed by atoms with Crippen LogP contribution in [-0.2, 0) is 39.7 Å². The van der Waals surface area contributed by atoms with E-state index in [0.717, 1.165) is 16.7 Å². The zero-order chi connectivity index (χ0) is 37.6. The lowest BCUT2D eigenvalue weighted by molar-refractivity contribution is -0.121. The number of fused-ring (bicyclic) bond motifs is 1. The number of ether oxygens (including phenoxy) is 4. The quantitative estimate of drug-likeness (QED) is 0.157. The van der Waals surface area contributed by atoms with Crippen LogP contribution in [0.3, 0.4) is 0 Å². The molecule has 4 aromatic rings. The van der Waals surface area contributed by atoms with Crippen molar-refractivity contribution in [2.24, 2.45) is 0 Å². The second kappa shape index (κ2) is 16.8.